The molecule has 0 saturated carbocycles. The summed E-state index contributed by atoms with van der Waals surface area (Å²) in [7, 11) is 0. The lowest BCUT2D eigenvalue weighted by Gasteiger charge is -2.31. The lowest BCUT2D eigenvalue weighted by molar-refractivity contribution is -0.136. The number of likely N-dealkylation sites (tertiary alicyclic amines) is 1. The minimum absolute atomic E-state index is 0.0322. The number of pyridine rings is 1. The second kappa shape index (κ2) is 21.0. The van der Waals surface area contributed by atoms with Gasteiger partial charge in [-0.3, -0.25) is 43.7 Å². The van der Waals surface area contributed by atoms with Crippen molar-refractivity contribution in [3.05, 3.63) is 77.1 Å². The van der Waals surface area contributed by atoms with E-state index in [1.807, 2.05) is 0 Å². The largest absolute Gasteiger partial charge is 0.444 e. The normalized spacial score (nSPS) is 17.1. The molecule has 0 bridgehead atoms. The molecular formula is C42H47F3N10O10. The van der Waals surface area contributed by atoms with Crippen LogP contribution in [-0.2, 0) is 30.2 Å². The fourth-order valence-corrected chi connectivity index (χ4v) is 7.70. The minimum Gasteiger partial charge on any atom is -0.444 e. The molecule has 5 N–H and O–H groups in total. The number of hydrogen-bond acceptors (Lipinski definition) is 15. The smallest absolute Gasteiger partial charge is 0.405 e. The number of imide groups is 2. The fraction of sp³-hybridized carbons (Fsp3) is 0.452. The predicted octanol–water partition coefficient (Wildman–Crippen LogP) is 2.98. The van der Waals surface area contributed by atoms with E-state index in [-0.39, 0.29) is 58.8 Å². The Bertz CT molecular complexity index is 2400. The number of nitrogens with two attached hydrogens (primary N) is 1. The lowest BCUT2D eigenvalue weighted by atomic mass is 9.99. The average molecular weight is 909 g/mol. The third-order valence-corrected chi connectivity index (χ3v) is 10.9. The topological polar surface area (TPSA) is 255 Å². The number of nitrogens with one attached hydrogen (secondary N) is 3. The summed E-state index contributed by atoms with van der Waals surface area (Å²) in [4.78, 5) is 86.8. The molecule has 0 radical (unpaired) electrons. The maximum absolute atomic E-state index is 13.3. The van der Waals surface area contributed by atoms with Crippen molar-refractivity contribution in [2.75, 3.05) is 76.5 Å². The highest BCUT2D eigenvalue weighted by molar-refractivity contribution is 6.24. The van der Waals surface area contributed by atoms with Crippen LogP contribution < -0.4 is 21.7 Å². The van der Waals surface area contributed by atoms with E-state index in [1.165, 1.54) is 18.3 Å². The van der Waals surface area contributed by atoms with E-state index in [2.05, 4.69) is 35.9 Å². The molecule has 2 saturated heterocycles. The number of carbonyl (C=O) groups is 6. The summed E-state index contributed by atoms with van der Waals surface area (Å²) in [6.45, 7) is 3.32. The third kappa shape index (κ3) is 11.8. The zero-order valence-electron chi connectivity index (χ0n) is 35.1. The number of nitrogens with zero attached hydrogens (tertiary/aromatic N) is 6. The molecule has 23 heteroatoms. The second-order valence-corrected chi connectivity index (χ2v) is 15.4. The van der Waals surface area contributed by atoms with Gasteiger partial charge in [-0.15, -0.1) is 0 Å². The van der Waals surface area contributed by atoms with E-state index in [0.29, 0.717) is 83.0 Å². The molecule has 4 aromatic rings. The van der Waals surface area contributed by atoms with Crippen molar-refractivity contribution in [2.45, 2.75) is 56.8 Å². The van der Waals surface area contributed by atoms with Crippen LogP contribution in [0.5, 0.6) is 0 Å². The van der Waals surface area contributed by atoms with Gasteiger partial charge in [0.05, 0.1) is 55.9 Å². The number of piperidine rings is 2. The molecule has 3 aromatic heterocycles. The molecular weight excluding hydrogens is 862 g/mol. The number of hydrogen-bond donors (Lipinski definition) is 4. The zero-order valence-corrected chi connectivity index (χ0v) is 35.1. The van der Waals surface area contributed by atoms with Crippen LogP contribution in [0.25, 0.3) is 11.5 Å². The molecule has 3 aliphatic heterocycles. The van der Waals surface area contributed by atoms with Crippen LogP contribution in [0.15, 0.2) is 53.4 Å². The van der Waals surface area contributed by atoms with Crippen LogP contribution in [0.2, 0.25) is 0 Å². The Hall–Kier alpha value is -6.56. The number of aromatic nitrogens is 4. The number of rotatable bonds is 21. The van der Waals surface area contributed by atoms with Crippen LogP contribution in [0, 0.1) is 0 Å². The Morgan fingerprint density at radius 3 is 2.42 bits per heavy atom. The van der Waals surface area contributed by atoms with Gasteiger partial charge >= 0.3 is 6.18 Å². The highest BCUT2D eigenvalue weighted by atomic mass is 19.4. The van der Waals surface area contributed by atoms with Crippen LogP contribution in [-0.4, -0.2) is 143 Å². The van der Waals surface area contributed by atoms with Crippen molar-refractivity contribution in [2.24, 2.45) is 5.73 Å². The van der Waals surface area contributed by atoms with Crippen LogP contribution in [0.1, 0.15) is 85.4 Å². The first-order chi connectivity index (χ1) is 31.3. The van der Waals surface area contributed by atoms with Gasteiger partial charge in [-0.25, -0.2) is 9.97 Å². The minimum atomic E-state index is -4.44. The molecule has 7 rings (SSSR count). The number of aryl methyl sites for hydroxylation is 1. The highest BCUT2D eigenvalue weighted by Crippen LogP contribution is 2.31. The average Bonchev–Trinajstić information content (AvgIpc) is 4.01. The van der Waals surface area contributed by atoms with Crippen LogP contribution in [0.3, 0.4) is 0 Å². The van der Waals surface area contributed by atoms with Crippen molar-refractivity contribution in [3.8, 4) is 11.5 Å². The van der Waals surface area contributed by atoms with Gasteiger partial charge in [0.15, 0.2) is 11.4 Å². The molecule has 1 atom stereocenters. The highest BCUT2D eigenvalue weighted by Gasteiger charge is 2.45. The molecule has 65 heavy (non-hydrogen) atoms. The number of oxazole rings is 1. The Labute approximate surface area is 369 Å². The summed E-state index contributed by atoms with van der Waals surface area (Å²) in [5.74, 6) is -3.78. The second-order valence-electron chi connectivity index (χ2n) is 15.4. The van der Waals surface area contributed by atoms with Gasteiger partial charge in [0.2, 0.25) is 17.7 Å². The van der Waals surface area contributed by atoms with Crippen molar-refractivity contribution < 1.29 is 60.6 Å². The predicted molar refractivity (Wildman–Crippen MR) is 222 cm³/mol. The first-order valence-corrected chi connectivity index (χ1v) is 21.0. The van der Waals surface area contributed by atoms with Crippen molar-refractivity contribution >= 4 is 46.9 Å². The zero-order chi connectivity index (χ0) is 46.1. The summed E-state index contributed by atoms with van der Waals surface area (Å²) in [5.41, 5.74) is 6.91. The number of primary amides is 1. The van der Waals surface area contributed by atoms with E-state index in [9.17, 15) is 41.9 Å². The summed E-state index contributed by atoms with van der Waals surface area (Å²) in [6, 6.07) is 6.75. The van der Waals surface area contributed by atoms with E-state index >= 15 is 0 Å². The number of anilines is 2. The summed E-state index contributed by atoms with van der Waals surface area (Å²) in [5, 5.41) is 11.3. The maximum Gasteiger partial charge on any atom is 0.405 e. The number of fused-ring (bicyclic) bond motifs is 1. The quantitative estimate of drug-likeness (QED) is 0.0693. The van der Waals surface area contributed by atoms with Gasteiger partial charge in [-0.2, -0.15) is 18.3 Å². The van der Waals surface area contributed by atoms with Crippen molar-refractivity contribution in [1.29, 1.82) is 0 Å². The number of alkyl halides is 3. The van der Waals surface area contributed by atoms with Gasteiger partial charge < -0.3 is 39.9 Å². The summed E-state index contributed by atoms with van der Waals surface area (Å²) >= 11 is 0. The van der Waals surface area contributed by atoms with Gasteiger partial charge in [0, 0.05) is 50.6 Å². The number of ether oxygens (including phenoxy) is 3. The molecule has 0 aliphatic carbocycles. The molecule has 0 spiro atoms. The fourth-order valence-electron chi connectivity index (χ4n) is 7.70. The molecule has 2 fully saturated rings. The summed E-state index contributed by atoms with van der Waals surface area (Å²) < 4.78 is 61.9. The first-order valence-electron chi connectivity index (χ1n) is 21.0. The molecule has 1 aromatic carbocycles. The first kappa shape index (κ1) is 46.4. The molecule has 6 heterocycles. The molecule has 1 unspecified atom stereocenters. The van der Waals surface area contributed by atoms with E-state index < -0.39 is 54.2 Å². The van der Waals surface area contributed by atoms with Gasteiger partial charge in [-0.05, 0) is 55.9 Å². The van der Waals surface area contributed by atoms with Crippen LogP contribution in [0.4, 0.5) is 24.7 Å². The Morgan fingerprint density at radius 1 is 0.954 bits per heavy atom. The van der Waals surface area contributed by atoms with Crippen LogP contribution >= 0.6 is 0 Å². The SMILES string of the molecule is NC(=O)c1nn(C2CCN(CCOCCOCCOCCCc3cccc4c3C(=O)N(C3CCC(=O)NC3=O)C4=O)CC2)cc1NC(=O)c1coc(-c2ccnc(NCC(F)(F)F)c2)n1. The van der Waals surface area contributed by atoms with Gasteiger partial charge in [-0.1, -0.05) is 12.1 Å². The number of halogens is 3. The Kier molecular flexibility index (Phi) is 15.0. The molecule has 20 nitrogen and oxygen atoms in total. The Morgan fingerprint density at radius 2 is 1.69 bits per heavy atom. The lowest BCUT2D eigenvalue weighted by Crippen LogP contribution is -2.54. The van der Waals surface area contributed by atoms with Gasteiger partial charge in [0.25, 0.3) is 23.6 Å². The number of amides is 6. The Balaban J connectivity index is 0.754. The molecule has 6 amide bonds. The van der Waals surface area contributed by atoms with E-state index in [0.717, 1.165) is 24.3 Å². The third-order valence-electron chi connectivity index (χ3n) is 10.9. The van der Waals surface area contributed by atoms with E-state index in [4.69, 9.17) is 24.4 Å². The number of benzene rings is 1. The molecule has 346 valence electrons. The van der Waals surface area contributed by atoms with Gasteiger partial charge in [0.1, 0.15) is 24.7 Å². The van der Waals surface area contributed by atoms with Crippen molar-refractivity contribution in [3.63, 3.8) is 0 Å². The monoisotopic (exact) mass is 908 g/mol. The summed E-state index contributed by atoms with van der Waals surface area (Å²) in [6.07, 6.45) is 2.11. The standard InChI is InChI=1S/C42H47F3N10O10/c43-42(44,45)24-48-32-21-26(8-11-47-32)39-50-30(23-65-39)37(58)49-29-22-54(52-35(29)36(46)57)27-9-12-53(13-10-27)14-16-63-18-20-64-19-17-62-15-2-4-25-3-1-5-28-34(25)41(61)55(40(28)60)31-6-7-33(56)51-38(31)59/h1,3,5,8,11,21-23,27,31H,2,4,6-7,9-10,12-20,24H2,(H2,46,57)(H,47,48)(H,49,58)(H,51,56,59). The number of carbonyl (C=O) groups excluding carboxylic acids is 6. The van der Waals surface area contributed by atoms with E-state index in [1.54, 1.807) is 29.1 Å². The van der Waals surface area contributed by atoms with Crippen molar-refractivity contribution in [1.82, 2.24) is 34.9 Å². The molecule has 3 aliphatic rings. The maximum atomic E-state index is 13.3.